The molecule has 1 saturated carbocycles. The number of carbonyl (C=O) groups excluding carboxylic acids is 2. The van der Waals surface area contributed by atoms with Crippen LogP contribution in [0.5, 0.6) is 5.75 Å². The number of fused-ring (bicyclic) bond motifs is 3. The highest BCUT2D eigenvalue weighted by molar-refractivity contribution is 5.79. The van der Waals surface area contributed by atoms with E-state index in [1.165, 1.54) is 12.8 Å². The normalized spacial score (nSPS) is 25.5. The van der Waals surface area contributed by atoms with Gasteiger partial charge in [0.1, 0.15) is 12.4 Å². The van der Waals surface area contributed by atoms with Gasteiger partial charge in [-0.25, -0.2) is 0 Å². The van der Waals surface area contributed by atoms with Gasteiger partial charge < -0.3 is 14.5 Å². The molecule has 2 aliphatic heterocycles. The summed E-state index contributed by atoms with van der Waals surface area (Å²) in [4.78, 5) is 32.7. The zero-order valence-electron chi connectivity index (χ0n) is 21.0. The molecule has 1 aliphatic carbocycles. The summed E-state index contributed by atoms with van der Waals surface area (Å²) in [6.45, 7) is 8.70. The van der Waals surface area contributed by atoms with E-state index < -0.39 is 0 Å². The van der Waals surface area contributed by atoms with Crippen LogP contribution in [0.1, 0.15) is 57.9 Å². The molecule has 1 aromatic carbocycles. The van der Waals surface area contributed by atoms with Crippen LogP contribution >= 0.6 is 0 Å². The molecule has 2 fully saturated rings. The SMILES string of the molecule is CCN(CC)C(=O)C[C@@H]1CCN2C[C@@H]1/C=C/COc1ccccc1CN(C1CCCC1)CC2=O. The van der Waals surface area contributed by atoms with Crippen molar-refractivity contribution in [1.82, 2.24) is 14.7 Å². The van der Waals surface area contributed by atoms with Crippen LogP contribution in [0.3, 0.4) is 0 Å². The van der Waals surface area contributed by atoms with E-state index in [1.807, 2.05) is 35.8 Å². The maximum absolute atomic E-state index is 13.5. The maximum atomic E-state index is 13.5. The summed E-state index contributed by atoms with van der Waals surface area (Å²) < 4.78 is 6.18. The van der Waals surface area contributed by atoms with Gasteiger partial charge in [0.15, 0.2) is 0 Å². The van der Waals surface area contributed by atoms with Gasteiger partial charge in [-0.15, -0.1) is 0 Å². The summed E-state index contributed by atoms with van der Waals surface area (Å²) in [6.07, 6.45) is 10.5. The van der Waals surface area contributed by atoms with Crippen LogP contribution in [0.2, 0.25) is 0 Å². The Morgan fingerprint density at radius 1 is 1.09 bits per heavy atom. The zero-order chi connectivity index (χ0) is 23.9. The molecule has 0 spiro atoms. The third-order valence-corrected chi connectivity index (χ3v) is 7.96. The molecule has 1 saturated heterocycles. The Labute approximate surface area is 204 Å². The summed E-state index contributed by atoms with van der Waals surface area (Å²) in [5.41, 5.74) is 1.15. The lowest BCUT2D eigenvalue weighted by molar-refractivity contribution is -0.136. The highest BCUT2D eigenvalue weighted by atomic mass is 16.5. The molecular weight excluding hydrogens is 426 g/mol. The molecule has 6 heteroatoms. The van der Waals surface area contributed by atoms with Gasteiger partial charge in [0.25, 0.3) is 0 Å². The van der Waals surface area contributed by atoms with Gasteiger partial charge in [0.2, 0.25) is 11.8 Å². The fraction of sp³-hybridized carbons (Fsp3) is 0.643. The lowest BCUT2D eigenvalue weighted by Gasteiger charge is -2.39. The van der Waals surface area contributed by atoms with Crippen LogP contribution < -0.4 is 4.74 Å². The standard InChI is InChI=1S/C28H41N3O3/c1-3-29(4-2)27(32)18-22-15-16-30-19-23(22)11-9-17-34-26-14-8-5-10-24(26)20-31(21-28(30)33)25-12-6-7-13-25/h5,8-11,14,22-23,25H,3-4,6-7,12-13,15-21H2,1-2H3/b11-9+/t22-,23-/m0/s1. The second-order valence-electron chi connectivity index (χ2n) is 10.0. The average molecular weight is 468 g/mol. The van der Waals surface area contributed by atoms with Crippen molar-refractivity contribution in [2.24, 2.45) is 11.8 Å². The number of hydrogen-bond donors (Lipinski definition) is 0. The first-order valence-electron chi connectivity index (χ1n) is 13.3. The highest BCUT2D eigenvalue weighted by Gasteiger charge is 2.34. The zero-order valence-corrected chi connectivity index (χ0v) is 21.0. The molecule has 2 heterocycles. The van der Waals surface area contributed by atoms with Crippen LogP contribution in [0, 0.1) is 11.8 Å². The quantitative estimate of drug-likeness (QED) is 0.612. The largest absolute Gasteiger partial charge is 0.489 e. The van der Waals surface area contributed by atoms with Gasteiger partial charge in [-0.2, -0.15) is 0 Å². The van der Waals surface area contributed by atoms with Crippen molar-refractivity contribution in [2.45, 2.75) is 65.0 Å². The number of rotatable bonds is 5. The fourth-order valence-corrected chi connectivity index (χ4v) is 5.88. The van der Waals surface area contributed by atoms with E-state index in [0.717, 1.165) is 56.8 Å². The molecule has 2 atom stereocenters. The van der Waals surface area contributed by atoms with Crippen molar-refractivity contribution in [3.8, 4) is 5.75 Å². The minimum atomic E-state index is 0.178. The van der Waals surface area contributed by atoms with Gasteiger partial charge >= 0.3 is 0 Å². The van der Waals surface area contributed by atoms with Crippen molar-refractivity contribution >= 4 is 11.8 Å². The Morgan fingerprint density at radius 2 is 1.85 bits per heavy atom. The Morgan fingerprint density at radius 3 is 2.62 bits per heavy atom. The number of amides is 2. The third kappa shape index (κ3) is 6.01. The van der Waals surface area contributed by atoms with Crippen LogP contribution in [-0.2, 0) is 16.1 Å². The van der Waals surface area contributed by atoms with Crippen molar-refractivity contribution < 1.29 is 14.3 Å². The smallest absolute Gasteiger partial charge is 0.236 e. The predicted octanol–water partition coefficient (Wildman–Crippen LogP) is 4.10. The van der Waals surface area contributed by atoms with E-state index >= 15 is 0 Å². The minimum absolute atomic E-state index is 0.178. The Hall–Kier alpha value is -2.34. The molecule has 4 rings (SSSR count). The second-order valence-corrected chi connectivity index (χ2v) is 10.0. The van der Waals surface area contributed by atoms with Gasteiger partial charge in [-0.3, -0.25) is 14.5 Å². The number of nitrogens with zero attached hydrogens (tertiary/aromatic N) is 3. The third-order valence-electron chi connectivity index (χ3n) is 7.96. The molecule has 186 valence electrons. The van der Waals surface area contributed by atoms with Gasteiger partial charge in [0, 0.05) is 50.7 Å². The second kappa shape index (κ2) is 11.9. The predicted molar refractivity (Wildman–Crippen MR) is 134 cm³/mol. The van der Waals surface area contributed by atoms with Crippen molar-refractivity contribution in [3.05, 3.63) is 42.0 Å². The topological polar surface area (TPSA) is 53.1 Å². The molecule has 2 amide bonds. The van der Waals surface area contributed by atoms with E-state index in [-0.39, 0.29) is 23.7 Å². The van der Waals surface area contributed by atoms with Gasteiger partial charge in [-0.05, 0) is 51.0 Å². The van der Waals surface area contributed by atoms with E-state index in [0.29, 0.717) is 32.2 Å². The Bertz CT molecular complexity index is 860. The molecule has 0 unspecified atom stereocenters. The lowest BCUT2D eigenvalue weighted by Crippen LogP contribution is -2.49. The first kappa shape index (κ1) is 24.8. The summed E-state index contributed by atoms with van der Waals surface area (Å²) in [5, 5.41) is 0. The van der Waals surface area contributed by atoms with E-state index in [4.69, 9.17) is 4.74 Å². The molecule has 0 radical (unpaired) electrons. The first-order chi connectivity index (χ1) is 16.6. The van der Waals surface area contributed by atoms with E-state index in [1.54, 1.807) is 0 Å². The monoisotopic (exact) mass is 467 g/mol. The molecule has 34 heavy (non-hydrogen) atoms. The average Bonchev–Trinajstić information content (AvgIpc) is 3.38. The maximum Gasteiger partial charge on any atom is 0.236 e. The summed E-state index contributed by atoms with van der Waals surface area (Å²) >= 11 is 0. The van der Waals surface area contributed by atoms with Gasteiger partial charge in [0.05, 0.1) is 6.54 Å². The first-order valence-corrected chi connectivity index (χ1v) is 13.3. The molecule has 0 aromatic heterocycles. The van der Waals surface area contributed by atoms with Crippen molar-refractivity contribution in [2.75, 3.05) is 39.3 Å². The summed E-state index contributed by atoms with van der Waals surface area (Å²) in [5.74, 6) is 1.78. The molecular formula is C28H41N3O3. The van der Waals surface area contributed by atoms with Crippen LogP contribution in [0.15, 0.2) is 36.4 Å². The van der Waals surface area contributed by atoms with Gasteiger partial charge in [-0.1, -0.05) is 43.2 Å². The van der Waals surface area contributed by atoms with Crippen molar-refractivity contribution in [1.29, 1.82) is 0 Å². The van der Waals surface area contributed by atoms with Crippen molar-refractivity contribution in [3.63, 3.8) is 0 Å². The number of para-hydroxylation sites is 1. The molecule has 1 aromatic rings. The minimum Gasteiger partial charge on any atom is -0.489 e. The fourth-order valence-electron chi connectivity index (χ4n) is 5.88. The van der Waals surface area contributed by atoms with E-state index in [9.17, 15) is 9.59 Å². The number of piperidine rings is 1. The van der Waals surface area contributed by atoms with Crippen LogP contribution in [0.25, 0.3) is 0 Å². The number of carbonyl (C=O) groups is 2. The lowest BCUT2D eigenvalue weighted by atomic mass is 9.82. The highest BCUT2D eigenvalue weighted by Crippen LogP contribution is 2.31. The van der Waals surface area contributed by atoms with Crippen LogP contribution in [0.4, 0.5) is 0 Å². The molecule has 0 N–H and O–H groups in total. The summed E-state index contributed by atoms with van der Waals surface area (Å²) in [7, 11) is 0. The Kier molecular flexibility index (Phi) is 8.65. The summed E-state index contributed by atoms with van der Waals surface area (Å²) in [6, 6.07) is 8.68. The number of benzene rings is 1. The molecule has 2 bridgehead atoms. The number of hydrogen-bond acceptors (Lipinski definition) is 4. The molecule has 3 aliphatic rings. The molecule has 6 nitrogen and oxygen atoms in total. The van der Waals surface area contributed by atoms with E-state index in [2.05, 4.69) is 29.2 Å². The Balaban J connectivity index is 1.55. The van der Waals surface area contributed by atoms with Crippen LogP contribution in [-0.4, -0.2) is 71.9 Å². The number of ether oxygens (including phenoxy) is 1.